The van der Waals surface area contributed by atoms with E-state index in [1.807, 2.05) is 18.2 Å². The first-order valence-electron chi connectivity index (χ1n) is 6.36. The van der Waals surface area contributed by atoms with Gasteiger partial charge in [-0.3, -0.25) is 5.10 Å². The predicted octanol–water partition coefficient (Wildman–Crippen LogP) is 2.94. The number of H-pyrrole nitrogens is 1. The number of carbonyl (C=O) groups is 1. The predicted molar refractivity (Wildman–Crippen MR) is 75.9 cm³/mol. The van der Waals surface area contributed by atoms with Crippen molar-refractivity contribution in [2.75, 3.05) is 12.3 Å². The first-order valence-corrected chi connectivity index (χ1v) is 6.36. The molecule has 0 amide bonds. The molecule has 0 spiro atoms. The van der Waals surface area contributed by atoms with Gasteiger partial charge in [0.2, 0.25) is 0 Å². The number of anilines is 1. The Labute approximate surface area is 119 Å². The molecule has 7 heteroatoms. The van der Waals surface area contributed by atoms with Gasteiger partial charge in [-0.05, 0) is 31.2 Å². The van der Waals surface area contributed by atoms with Crippen LogP contribution < -0.4 is 10.5 Å². The molecule has 0 saturated heterocycles. The number of nitrogens with two attached hydrogens (primary N) is 1. The van der Waals surface area contributed by atoms with Gasteiger partial charge < -0.3 is 19.6 Å². The Morgan fingerprint density at radius 3 is 3.05 bits per heavy atom. The van der Waals surface area contributed by atoms with Crippen molar-refractivity contribution in [1.29, 1.82) is 0 Å². The average Bonchev–Trinajstić information content (AvgIpc) is 3.06. The minimum Gasteiger partial charge on any atom is -0.434 e. The van der Waals surface area contributed by atoms with Crippen molar-refractivity contribution in [3.63, 3.8) is 0 Å². The van der Waals surface area contributed by atoms with Crippen LogP contribution in [0.3, 0.4) is 0 Å². The van der Waals surface area contributed by atoms with E-state index >= 15 is 0 Å². The lowest BCUT2D eigenvalue weighted by Crippen LogP contribution is -2.09. The van der Waals surface area contributed by atoms with Gasteiger partial charge in [0.1, 0.15) is 5.76 Å². The number of hydrogen-bond acceptors (Lipinski definition) is 6. The number of nitrogens with zero attached hydrogens (tertiary/aromatic N) is 1. The highest BCUT2D eigenvalue weighted by molar-refractivity contribution is 5.91. The van der Waals surface area contributed by atoms with Crippen LogP contribution >= 0.6 is 0 Å². The molecule has 3 N–H and O–H groups in total. The molecule has 7 nitrogen and oxygen atoms in total. The molecular weight excluding hydrogens is 274 g/mol. The molecule has 1 aromatic carbocycles. The second-order valence-electron chi connectivity index (χ2n) is 4.27. The number of benzene rings is 1. The summed E-state index contributed by atoms with van der Waals surface area (Å²) >= 11 is 0. The normalized spacial score (nSPS) is 10.7. The number of nitrogen functional groups attached to an aromatic ring is 1. The van der Waals surface area contributed by atoms with Crippen LogP contribution in [0.25, 0.3) is 22.2 Å². The Morgan fingerprint density at radius 1 is 1.38 bits per heavy atom. The fourth-order valence-corrected chi connectivity index (χ4v) is 1.95. The summed E-state index contributed by atoms with van der Waals surface area (Å²) in [6, 6.07) is 8.80. The van der Waals surface area contributed by atoms with E-state index in [1.54, 1.807) is 19.1 Å². The summed E-state index contributed by atoms with van der Waals surface area (Å²) in [5, 5.41) is 7.55. The number of furan rings is 1. The molecule has 0 unspecified atom stereocenters. The van der Waals surface area contributed by atoms with Crippen LogP contribution in [-0.4, -0.2) is 23.0 Å². The van der Waals surface area contributed by atoms with Crippen LogP contribution in [0, 0.1) is 0 Å². The summed E-state index contributed by atoms with van der Waals surface area (Å²) in [5.74, 6) is 1.04. The third kappa shape index (κ3) is 2.53. The zero-order valence-electron chi connectivity index (χ0n) is 11.3. The lowest BCUT2D eigenvalue weighted by molar-refractivity contribution is 0.0952. The molecule has 3 aromatic rings. The zero-order valence-corrected chi connectivity index (χ0v) is 11.3. The number of aromatic nitrogens is 2. The van der Waals surface area contributed by atoms with Crippen LogP contribution in [0.2, 0.25) is 0 Å². The maximum Gasteiger partial charge on any atom is 0.516 e. The van der Waals surface area contributed by atoms with E-state index in [-0.39, 0.29) is 12.6 Å². The van der Waals surface area contributed by atoms with Gasteiger partial charge in [-0.2, -0.15) is 5.10 Å². The average molecular weight is 287 g/mol. The molecule has 21 heavy (non-hydrogen) atoms. The highest BCUT2D eigenvalue weighted by Crippen LogP contribution is 2.30. The standard InChI is InChI=1S/C14H13N3O4/c1-2-19-14(18)21-12-6-5-11(20-12)8-3-4-10-9(7-8)13(15)17-16-10/h3-7H,2H2,1H3,(H3,15,16,17). The van der Waals surface area contributed by atoms with Gasteiger partial charge >= 0.3 is 6.16 Å². The van der Waals surface area contributed by atoms with Crippen LogP contribution in [0.4, 0.5) is 10.6 Å². The van der Waals surface area contributed by atoms with Crippen molar-refractivity contribution in [2.45, 2.75) is 6.92 Å². The Bertz CT molecular complexity index is 790. The SMILES string of the molecule is CCOC(=O)Oc1ccc(-c2ccc3[nH]nc(N)c3c2)o1. The maximum absolute atomic E-state index is 11.2. The first kappa shape index (κ1) is 13.0. The van der Waals surface area contributed by atoms with Gasteiger partial charge in [-0.25, -0.2) is 4.79 Å². The Balaban J connectivity index is 1.87. The van der Waals surface area contributed by atoms with E-state index in [2.05, 4.69) is 14.9 Å². The molecule has 0 saturated carbocycles. The molecule has 0 aliphatic carbocycles. The van der Waals surface area contributed by atoms with Gasteiger partial charge in [0.15, 0.2) is 5.82 Å². The van der Waals surface area contributed by atoms with E-state index in [0.717, 1.165) is 16.5 Å². The third-order valence-corrected chi connectivity index (χ3v) is 2.90. The van der Waals surface area contributed by atoms with E-state index < -0.39 is 6.16 Å². The summed E-state index contributed by atoms with van der Waals surface area (Å²) in [7, 11) is 0. The fraction of sp³-hybridized carbons (Fsp3) is 0.143. The highest BCUT2D eigenvalue weighted by Gasteiger charge is 2.12. The van der Waals surface area contributed by atoms with Crippen LogP contribution in [0.15, 0.2) is 34.7 Å². The molecule has 0 atom stereocenters. The van der Waals surface area contributed by atoms with Gasteiger partial charge in [0.25, 0.3) is 5.95 Å². The van der Waals surface area contributed by atoms with Gasteiger partial charge in [0.05, 0.1) is 12.1 Å². The zero-order chi connectivity index (χ0) is 14.8. The molecule has 0 radical (unpaired) electrons. The molecule has 0 fully saturated rings. The highest BCUT2D eigenvalue weighted by atomic mass is 16.8. The summed E-state index contributed by atoms with van der Waals surface area (Å²) in [6.07, 6.45) is -0.798. The summed E-state index contributed by atoms with van der Waals surface area (Å²) in [4.78, 5) is 11.2. The van der Waals surface area contributed by atoms with Gasteiger partial charge in [-0.1, -0.05) is 0 Å². The second-order valence-corrected chi connectivity index (χ2v) is 4.27. The Hall–Kier alpha value is -2.96. The van der Waals surface area contributed by atoms with Crippen LogP contribution in [-0.2, 0) is 4.74 Å². The number of carbonyl (C=O) groups excluding carboxylic acids is 1. The number of ether oxygens (including phenoxy) is 2. The second kappa shape index (κ2) is 5.20. The third-order valence-electron chi connectivity index (χ3n) is 2.90. The Morgan fingerprint density at radius 2 is 2.24 bits per heavy atom. The van der Waals surface area contributed by atoms with E-state index in [1.165, 1.54) is 0 Å². The molecule has 2 heterocycles. The monoisotopic (exact) mass is 287 g/mol. The minimum absolute atomic E-state index is 0.0729. The van der Waals surface area contributed by atoms with Gasteiger partial charge in [0, 0.05) is 17.0 Å². The molecule has 3 rings (SSSR count). The topological polar surface area (TPSA) is 103 Å². The summed E-state index contributed by atoms with van der Waals surface area (Å²) in [6.45, 7) is 1.93. The molecule has 108 valence electrons. The smallest absolute Gasteiger partial charge is 0.434 e. The largest absolute Gasteiger partial charge is 0.516 e. The van der Waals surface area contributed by atoms with Crippen molar-refractivity contribution in [3.05, 3.63) is 30.3 Å². The molecule has 0 aliphatic rings. The lowest BCUT2D eigenvalue weighted by Gasteiger charge is -2.00. The quantitative estimate of drug-likeness (QED) is 0.718. The van der Waals surface area contributed by atoms with Crippen molar-refractivity contribution in [3.8, 4) is 17.3 Å². The number of fused-ring (bicyclic) bond motifs is 1. The molecule has 2 aromatic heterocycles. The fourth-order valence-electron chi connectivity index (χ4n) is 1.95. The van der Waals surface area contributed by atoms with Gasteiger partial charge in [-0.15, -0.1) is 0 Å². The number of hydrogen-bond donors (Lipinski definition) is 2. The Kier molecular flexibility index (Phi) is 3.23. The van der Waals surface area contributed by atoms with E-state index in [4.69, 9.17) is 14.9 Å². The van der Waals surface area contributed by atoms with E-state index in [9.17, 15) is 4.79 Å². The number of aromatic amines is 1. The number of nitrogens with one attached hydrogen (secondary N) is 1. The van der Waals surface area contributed by atoms with Crippen LogP contribution in [0.1, 0.15) is 6.92 Å². The number of rotatable bonds is 3. The maximum atomic E-state index is 11.2. The summed E-state index contributed by atoms with van der Waals surface area (Å²) in [5.41, 5.74) is 7.41. The molecular formula is C14H13N3O4. The summed E-state index contributed by atoms with van der Waals surface area (Å²) < 4.78 is 15.0. The van der Waals surface area contributed by atoms with Crippen molar-refractivity contribution < 1.29 is 18.7 Å². The van der Waals surface area contributed by atoms with Crippen molar-refractivity contribution >= 4 is 22.9 Å². The first-order chi connectivity index (χ1) is 10.2. The van der Waals surface area contributed by atoms with Crippen molar-refractivity contribution in [2.24, 2.45) is 0 Å². The minimum atomic E-state index is -0.798. The van der Waals surface area contributed by atoms with Crippen LogP contribution in [0.5, 0.6) is 5.95 Å². The lowest BCUT2D eigenvalue weighted by atomic mass is 10.1. The molecule has 0 bridgehead atoms. The van der Waals surface area contributed by atoms with E-state index in [0.29, 0.717) is 11.6 Å². The molecule has 0 aliphatic heterocycles. The van der Waals surface area contributed by atoms with Crippen molar-refractivity contribution in [1.82, 2.24) is 10.2 Å².